The number of amides is 1. The SMILES string of the molecule is COc1cc(/C=C(\C#N)C(=O)Nc2ccc(Cl)c(Cl)c2)cc(Cl)c1OCc1ccc2ccccc2c1. The van der Waals surface area contributed by atoms with Crippen LogP contribution in [0.2, 0.25) is 15.1 Å². The second-order valence-corrected chi connectivity index (χ2v) is 8.98. The topological polar surface area (TPSA) is 71.3 Å². The predicted molar refractivity (Wildman–Crippen MR) is 145 cm³/mol. The van der Waals surface area contributed by atoms with Gasteiger partial charge in [-0.3, -0.25) is 4.79 Å². The van der Waals surface area contributed by atoms with Crippen LogP contribution in [0.15, 0.2) is 78.4 Å². The Balaban J connectivity index is 1.54. The first kappa shape index (κ1) is 25.4. The molecular formula is C28H19Cl3N2O3. The van der Waals surface area contributed by atoms with Crippen LogP contribution in [-0.2, 0) is 11.4 Å². The number of nitrogens with zero attached hydrogens (tertiary/aromatic N) is 1. The average Bonchev–Trinajstić information content (AvgIpc) is 2.88. The zero-order valence-corrected chi connectivity index (χ0v) is 21.3. The van der Waals surface area contributed by atoms with Gasteiger partial charge in [0.2, 0.25) is 0 Å². The summed E-state index contributed by atoms with van der Waals surface area (Å²) in [4.78, 5) is 12.6. The first-order valence-electron chi connectivity index (χ1n) is 10.7. The van der Waals surface area contributed by atoms with Crippen LogP contribution < -0.4 is 14.8 Å². The second kappa shape index (κ2) is 11.4. The molecule has 4 rings (SSSR count). The van der Waals surface area contributed by atoms with E-state index in [1.54, 1.807) is 24.3 Å². The quantitative estimate of drug-likeness (QED) is 0.192. The Morgan fingerprint density at radius 3 is 2.44 bits per heavy atom. The van der Waals surface area contributed by atoms with Crippen molar-refractivity contribution in [2.45, 2.75) is 6.61 Å². The summed E-state index contributed by atoms with van der Waals surface area (Å²) in [6.45, 7) is 0.283. The molecule has 5 nitrogen and oxygen atoms in total. The molecule has 0 saturated carbocycles. The Morgan fingerprint density at radius 1 is 0.944 bits per heavy atom. The minimum atomic E-state index is -0.609. The summed E-state index contributed by atoms with van der Waals surface area (Å²) in [7, 11) is 1.49. The summed E-state index contributed by atoms with van der Waals surface area (Å²) in [6.07, 6.45) is 1.41. The van der Waals surface area contributed by atoms with Gasteiger partial charge in [-0.2, -0.15) is 5.26 Å². The molecule has 36 heavy (non-hydrogen) atoms. The van der Waals surface area contributed by atoms with Gasteiger partial charge in [-0.15, -0.1) is 0 Å². The number of hydrogen-bond acceptors (Lipinski definition) is 4. The lowest BCUT2D eigenvalue weighted by molar-refractivity contribution is -0.112. The van der Waals surface area contributed by atoms with E-state index < -0.39 is 5.91 Å². The summed E-state index contributed by atoms with van der Waals surface area (Å²) < 4.78 is 11.5. The van der Waals surface area contributed by atoms with E-state index in [-0.39, 0.29) is 22.2 Å². The van der Waals surface area contributed by atoms with Crippen LogP contribution in [0.25, 0.3) is 16.8 Å². The molecule has 4 aromatic carbocycles. The Morgan fingerprint density at radius 2 is 1.72 bits per heavy atom. The Labute approximate surface area is 223 Å². The third-order valence-electron chi connectivity index (χ3n) is 5.30. The maximum Gasteiger partial charge on any atom is 0.266 e. The number of nitrogens with one attached hydrogen (secondary N) is 1. The molecular weight excluding hydrogens is 519 g/mol. The maximum atomic E-state index is 12.6. The number of carbonyl (C=O) groups excluding carboxylic acids is 1. The zero-order valence-electron chi connectivity index (χ0n) is 19.0. The van der Waals surface area contributed by atoms with Crippen LogP contribution in [0.5, 0.6) is 11.5 Å². The van der Waals surface area contributed by atoms with E-state index in [0.29, 0.717) is 27.8 Å². The molecule has 1 amide bonds. The first-order valence-corrected chi connectivity index (χ1v) is 11.9. The molecule has 0 fully saturated rings. The van der Waals surface area contributed by atoms with E-state index in [0.717, 1.165) is 16.3 Å². The van der Waals surface area contributed by atoms with Gasteiger partial charge < -0.3 is 14.8 Å². The summed E-state index contributed by atoms with van der Waals surface area (Å²) in [5.74, 6) is 0.127. The van der Waals surface area contributed by atoms with Gasteiger partial charge in [0.15, 0.2) is 11.5 Å². The summed E-state index contributed by atoms with van der Waals surface area (Å²) in [5, 5.41) is 15.4. The fourth-order valence-electron chi connectivity index (χ4n) is 3.53. The fourth-order valence-corrected chi connectivity index (χ4v) is 4.11. The number of fused-ring (bicyclic) bond motifs is 1. The van der Waals surface area contributed by atoms with Crippen LogP contribution in [0.3, 0.4) is 0 Å². The highest BCUT2D eigenvalue weighted by Gasteiger charge is 2.15. The van der Waals surface area contributed by atoms with Gasteiger partial charge in [0, 0.05) is 5.69 Å². The third kappa shape index (κ3) is 5.92. The van der Waals surface area contributed by atoms with Crippen LogP contribution in [0.4, 0.5) is 5.69 Å². The molecule has 0 aliphatic rings. The molecule has 0 radical (unpaired) electrons. The molecule has 0 unspecified atom stereocenters. The lowest BCUT2D eigenvalue weighted by Gasteiger charge is -2.14. The van der Waals surface area contributed by atoms with Crippen molar-refractivity contribution in [3.8, 4) is 17.6 Å². The van der Waals surface area contributed by atoms with Crippen LogP contribution in [0.1, 0.15) is 11.1 Å². The lowest BCUT2D eigenvalue weighted by Crippen LogP contribution is -2.13. The predicted octanol–water partition coefficient (Wildman–Crippen LogP) is 7.93. The summed E-state index contributed by atoms with van der Waals surface area (Å²) in [6, 6.07) is 23.9. The first-order chi connectivity index (χ1) is 17.4. The third-order valence-corrected chi connectivity index (χ3v) is 6.32. The Bertz CT molecular complexity index is 1530. The van der Waals surface area contributed by atoms with Crippen molar-refractivity contribution >= 4 is 63.2 Å². The van der Waals surface area contributed by atoms with Gasteiger partial charge in [0.05, 0.1) is 22.2 Å². The number of anilines is 1. The van der Waals surface area contributed by atoms with Gasteiger partial charge in [-0.1, -0.05) is 71.2 Å². The molecule has 0 aliphatic carbocycles. The number of carbonyl (C=O) groups is 1. The van der Waals surface area contributed by atoms with Crippen LogP contribution in [-0.4, -0.2) is 13.0 Å². The van der Waals surface area contributed by atoms with Crippen molar-refractivity contribution in [1.29, 1.82) is 5.26 Å². The van der Waals surface area contributed by atoms with E-state index in [2.05, 4.69) is 11.4 Å². The molecule has 1 N–H and O–H groups in total. The zero-order chi connectivity index (χ0) is 25.7. The number of hydrogen-bond donors (Lipinski definition) is 1. The van der Waals surface area contributed by atoms with Gasteiger partial charge in [0.25, 0.3) is 5.91 Å². The van der Waals surface area contributed by atoms with E-state index in [1.165, 1.54) is 19.3 Å². The molecule has 180 valence electrons. The molecule has 0 bridgehead atoms. The highest BCUT2D eigenvalue weighted by atomic mass is 35.5. The van der Waals surface area contributed by atoms with E-state index in [4.69, 9.17) is 44.3 Å². The number of nitriles is 1. The van der Waals surface area contributed by atoms with E-state index >= 15 is 0 Å². The minimum absolute atomic E-state index is 0.135. The van der Waals surface area contributed by atoms with Gasteiger partial charge in [0.1, 0.15) is 18.2 Å². The van der Waals surface area contributed by atoms with Gasteiger partial charge in [-0.05, 0) is 64.4 Å². The molecule has 0 atom stereocenters. The van der Waals surface area contributed by atoms with E-state index in [9.17, 15) is 10.1 Å². The maximum absolute atomic E-state index is 12.6. The van der Waals surface area contributed by atoms with Crippen LogP contribution in [0, 0.1) is 11.3 Å². The second-order valence-electron chi connectivity index (χ2n) is 7.76. The number of rotatable bonds is 7. The molecule has 0 aromatic heterocycles. The molecule has 0 heterocycles. The van der Waals surface area contributed by atoms with Crippen molar-refractivity contribution in [3.05, 3.63) is 105 Å². The van der Waals surface area contributed by atoms with Crippen molar-refractivity contribution < 1.29 is 14.3 Å². The van der Waals surface area contributed by atoms with Gasteiger partial charge in [-0.25, -0.2) is 0 Å². The van der Waals surface area contributed by atoms with Gasteiger partial charge >= 0.3 is 0 Å². The number of halogens is 3. The molecule has 0 aliphatic heterocycles. The highest BCUT2D eigenvalue weighted by molar-refractivity contribution is 6.42. The number of methoxy groups -OCH3 is 1. The van der Waals surface area contributed by atoms with E-state index in [1.807, 2.05) is 42.5 Å². The average molecular weight is 538 g/mol. The highest BCUT2D eigenvalue weighted by Crippen LogP contribution is 2.38. The summed E-state index contributed by atoms with van der Waals surface area (Å²) in [5.41, 5.74) is 1.74. The largest absolute Gasteiger partial charge is 0.493 e. The monoisotopic (exact) mass is 536 g/mol. The van der Waals surface area contributed by atoms with Crippen molar-refractivity contribution in [2.75, 3.05) is 12.4 Å². The smallest absolute Gasteiger partial charge is 0.266 e. The molecule has 0 saturated heterocycles. The molecule has 4 aromatic rings. The molecule has 8 heteroatoms. The van der Waals surface area contributed by atoms with Crippen LogP contribution >= 0.6 is 34.8 Å². The van der Waals surface area contributed by atoms with Crippen molar-refractivity contribution in [2.24, 2.45) is 0 Å². The van der Waals surface area contributed by atoms with Crippen molar-refractivity contribution in [1.82, 2.24) is 0 Å². The number of benzene rings is 4. The number of ether oxygens (including phenoxy) is 2. The normalized spacial score (nSPS) is 11.1. The minimum Gasteiger partial charge on any atom is -0.493 e. The van der Waals surface area contributed by atoms with Crippen molar-refractivity contribution in [3.63, 3.8) is 0 Å². The molecule has 0 spiro atoms. The lowest BCUT2D eigenvalue weighted by atomic mass is 10.1. The fraction of sp³-hybridized carbons (Fsp3) is 0.0714. The standard InChI is InChI=1S/C28H19Cl3N2O3/c1-35-26-13-18(11-21(15-32)28(34)33-22-8-9-23(29)24(30)14-22)12-25(31)27(26)36-16-17-6-7-19-4-2-3-5-20(19)10-17/h2-14H,16H2,1H3,(H,33,34)/b21-11+. The Hall–Kier alpha value is -3.69. The summed E-state index contributed by atoms with van der Waals surface area (Å²) >= 11 is 18.4. The Kier molecular flexibility index (Phi) is 8.02.